The fraction of sp³-hybridized carbons (Fsp3) is 0.320. The second-order valence-electron chi connectivity index (χ2n) is 33.0. The zero-order valence-electron chi connectivity index (χ0n) is 71.2. The summed E-state index contributed by atoms with van der Waals surface area (Å²) in [7, 11) is 8.44. The fourth-order valence-electron chi connectivity index (χ4n) is 18.2. The van der Waals surface area contributed by atoms with Gasteiger partial charge >= 0.3 is 0 Å². The van der Waals surface area contributed by atoms with E-state index >= 15 is 0 Å². The molecular weight excluding hydrogens is 1260 g/mol. The summed E-state index contributed by atoms with van der Waals surface area (Å²) in [5.74, 6) is -1.22. The third kappa shape index (κ3) is 12.1. The van der Waals surface area contributed by atoms with Crippen molar-refractivity contribution in [3.8, 4) is 89.5 Å². The Labute approximate surface area is 630 Å². The lowest BCUT2D eigenvalue weighted by Crippen LogP contribution is -2.31. The van der Waals surface area contributed by atoms with Crippen LogP contribution in [-0.4, -0.2) is 0 Å². The highest BCUT2D eigenvalue weighted by Crippen LogP contribution is 2.58. The molecule has 4 heteroatoms. The standard InChI is InChI=1S/4C25H28N/c1-16(2)18-10-9-11-20-23(18)19-14-13-17(3)22(24(19)25(20,4)5)21-12-7-8-15-26(21)6;1-16(2)18-10-9-11-19-20-14-13-17(3)22(21-12-7-8-15-26(21)6)24(20)25(4,5)23(18)19;1-16(2)18-11-13-19-20-12-10-17(3)23(22-9-7-8-14-26(22)6)24(20)25(4,5)21(19)15-18;1-16(2)18-11-13-21-20(15-18)19-12-10-17(3)23(24(19)25(21,4)5)22-9-7-8-14-26(22)6/h4*7-16H,1-6H3/q4*+1/i;1D3,16D;16D;. The van der Waals surface area contributed by atoms with Crippen molar-refractivity contribution in [1.82, 2.24) is 0 Å². The molecule has 8 aromatic carbocycles. The quantitative estimate of drug-likeness (QED) is 0.135. The largest absolute Gasteiger partial charge is 0.212 e. The second-order valence-corrected chi connectivity index (χ2v) is 33.0. The zero-order valence-corrected chi connectivity index (χ0v) is 66.2. The summed E-state index contributed by atoms with van der Waals surface area (Å²) >= 11 is 0. The normalized spacial score (nSPS) is 15.9. The van der Waals surface area contributed by atoms with E-state index in [4.69, 9.17) is 6.85 Å². The summed E-state index contributed by atoms with van der Waals surface area (Å²) in [4.78, 5) is 0. The Morgan fingerprint density at radius 3 is 1.11 bits per heavy atom. The van der Waals surface area contributed by atoms with Crippen molar-refractivity contribution in [1.29, 1.82) is 0 Å². The predicted octanol–water partition coefficient (Wildman–Crippen LogP) is 23.7. The summed E-state index contributed by atoms with van der Waals surface area (Å²) in [6.07, 6.45) is 8.44. The molecule has 0 fully saturated rings. The number of aromatic nitrogens is 4. The van der Waals surface area contributed by atoms with E-state index < -0.39 is 24.1 Å². The van der Waals surface area contributed by atoms with Gasteiger partial charge in [0.2, 0.25) is 22.8 Å². The monoisotopic (exact) mass is 1370 g/mol. The van der Waals surface area contributed by atoms with Crippen molar-refractivity contribution < 1.29 is 25.1 Å². The molecule has 0 aliphatic heterocycles. The Morgan fingerprint density at radius 1 is 0.288 bits per heavy atom. The molecule has 4 heterocycles. The third-order valence-corrected chi connectivity index (χ3v) is 23.7. The number of hydrogen-bond acceptors (Lipinski definition) is 0. The molecule has 0 bridgehead atoms. The number of rotatable bonds is 8. The van der Waals surface area contributed by atoms with Crippen LogP contribution in [0.1, 0.15) is 230 Å². The van der Waals surface area contributed by atoms with Crippen LogP contribution in [0.15, 0.2) is 219 Å². The first-order valence-electron chi connectivity index (χ1n) is 40.1. The Morgan fingerprint density at radius 2 is 0.663 bits per heavy atom. The first kappa shape index (κ1) is 66.3. The molecule has 104 heavy (non-hydrogen) atoms. The predicted molar refractivity (Wildman–Crippen MR) is 438 cm³/mol. The van der Waals surface area contributed by atoms with Gasteiger partial charge in [0.1, 0.15) is 28.2 Å². The van der Waals surface area contributed by atoms with Gasteiger partial charge in [0, 0.05) is 77.0 Å². The van der Waals surface area contributed by atoms with Crippen molar-refractivity contribution in [3.05, 3.63) is 308 Å². The molecule has 4 aromatic heterocycles. The SMILES string of the molecule is Cc1ccc2c(c1-c1cccc[n+]1C)C(C)(C)c1ccc(C(C)C)cc1-2.Cc1ccc2c(c1-c1cccc[n+]1C)C(C)(C)c1cccc(C(C)C)c1-2.[2H]C(C)(C)c1ccc2c(c1)C(C)(C)c1c-2ccc(C)c1-c1cccc[n+]1C.[2H]C([2H])([2H])C([2H])(C)c1cccc2c1C(C)(C)c1c-2ccc(C)c1-c1cccc[n+]1C. The molecule has 4 aliphatic carbocycles. The van der Waals surface area contributed by atoms with Gasteiger partial charge < -0.3 is 0 Å². The average Bonchev–Trinajstić information content (AvgIpc) is 1.57. The first-order valence-corrected chi connectivity index (χ1v) is 37.6. The van der Waals surface area contributed by atoms with Gasteiger partial charge in [-0.2, -0.15) is 0 Å². The molecule has 4 nitrogen and oxygen atoms in total. The van der Waals surface area contributed by atoms with Gasteiger partial charge in [0.05, 0.1) is 22.3 Å². The summed E-state index contributed by atoms with van der Waals surface area (Å²) < 4.78 is 50.1. The number of fused-ring (bicyclic) bond motifs is 12. The molecule has 0 N–H and O–H groups in total. The summed E-state index contributed by atoms with van der Waals surface area (Å²) in [6, 6.07) is 69.9. The Balaban J connectivity index is 0.000000128. The minimum Gasteiger partial charge on any atom is -0.201 e. The molecule has 0 spiro atoms. The molecule has 1 atom stereocenters. The molecule has 1 unspecified atom stereocenters. The minimum atomic E-state index is -2.42. The molecule has 4 aliphatic rings. The van der Waals surface area contributed by atoms with Crippen molar-refractivity contribution >= 4 is 0 Å². The lowest BCUT2D eigenvalue weighted by atomic mass is 9.75. The highest BCUT2D eigenvalue weighted by atomic mass is 14.9. The van der Waals surface area contributed by atoms with Crippen LogP contribution in [0, 0.1) is 27.7 Å². The number of nitrogens with zero attached hydrogens (tertiary/aromatic N) is 4. The van der Waals surface area contributed by atoms with Gasteiger partial charge in [-0.3, -0.25) is 0 Å². The van der Waals surface area contributed by atoms with Gasteiger partial charge in [-0.15, -0.1) is 0 Å². The van der Waals surface area contributed by atoms with Crippen LogP contribution in [0.3, 0.4) is 0 Å². The van der Waals surface area contributed by atoms with Crippen LogP contribution < -0.4 is 18.3 Å². The molecule has 0 saturated carbocycles. The Kier molecular flexibility index (Phi) is 17.5. The van der Waals surface area contributed by atoms with Crippen LogP contribution in [0.2, 0.25) is 0 Å². The highest BCUT2D eigenvalue weighted by Gasteiger charge is 2.45. The van der Waals surface area contributed by atoms with E-state index in [9.17, 15) is 0 Å². The van der Waals surface area contributed by atoms with Crippen molar-refractivity contribution in [3.63, 3.8) is 0 Å². The Hall–Kier alpha value is -9.64. The number of pyridine rings is 4. The summed E-state index contributed by atoms with van der Waals surface area (Å²) in [5, 5.41) is 0. The van der Waals surface area contributed by atoms with Crippen LogP contribution in [0.25, 0.3) is 89.5 Å². The lowest BCUT2D eigenvalue weighted by molar-refractivity contribution is -0.660. The fourth-order valence-corrected chi connectivity index (χ4v) is 18.2. The van der Waals surface area contributed by atoms with Crippen molar-refractivity contribution in [2.75, 3.05) is 0 Å². The van der Waals surface area contributed by atoms with Crippen molar-refractivity contribution in [2.24, 2.45) is 28.2 Å². The van der Waals surface area contributed by atoms with Gasteiger partial charge in [0.25, 0.3) is 0 Å². The maximum atomic E-state index is 8.80. The molecule has 0 saturated heterocycles. The summed E-state index contributed by atoms with van der Waals surface area (Å²) in [6.45, 7) is 39.4. The first-order chi connectivity index (χ1) is 51.2. The summed E-state index contributed by atoms with van der Waals surface area (Å²) in [5.41, 5.74) is 40.7. The Bertz CT molecular complexity index is 5610. The van der Waals surface area contributed by atoms with E-state index in [-0.39, 0.29) is 16.2 Å². The van der Waals surface area contributed by atoms with E-state index in [0.29, 0.717) is 17.4 Å². The average molecular weight is 1380 g/mol. The topological polar surface area (TPSA) is 15.5 Å². The minimum absolute atomic E-state index is 0.000237. The van der Waals surface area contributed by atoms with Gasteiger partial charge in [-0.1, -0.05) is 232 Å². The number of hydrogen-bond donors (Lipinski definition) is 0. The van der Waals surface area contributed by atoms with Crippen LogP contribution >= 0.6 is 0 Å². The second kappa shape index (κ2) is 27.4. The van der Waals surface area contributed by atoms with Gasteiger partial charge in [-0.25, -0.2) is 18.3 Å². The van der Waals surface area contributed by atoms with E-state index in [2.05, 4.69) is 339 Å². The molecule has 16 rings (SSSR count). The lowest BCUT2D eigenvalue weighted by Gasteiger charge is -2.27. The van der Waals surface area contributed by atoms with Crippen LogP contribution in [0.5, 0.6) is 0 Å². The highest BCUT2D eigenvalue weighted by molar-refractivity contribution is 5.93. The van der Waals surface area contributed by atoms with Gasteiger partial charge in [0.15, 0.2) is 24.8 Å². The number of benzene rings is 8. The molecule has 0 amide bonds. The van der Waals surface area contributed by atoms with Crippen LogP contribution in [-0.2, 0) is 49.9 Å². The van der Waals surface area contributed by atoms with Gasteiger partial charge in [-0.05, 0) is 209 Å². The third-order valence-electron chi connectivity index (χ3n) is 23.7. The zero-order chi connectivity index (χ0) is 78.9. The molecule has 12 aromatic rings. The van der Waals surface area contributed by atoms with E-state index in [1.807, 2.05) is 51.4 Å². The molecular formula is C100H112N4+4. The van der Waals surface area contributed by atoms with E-state index in [1.165, 1.54) is 152 Å². The van der Waals surface area contributed by atoms with E-state index in [1.54, 1.807) is 0 Å². The maximum Gasteiger partial charge on any atom is 0.212 e. The number of aryl methyl sites for hydroxylation is 8. The molecule has 0 radical (unpaired) electrons. The van der Waals surface area contributed by atoms with Crippen LogP contribution in [0.4, 0.5) is 0 Å². The maximum absolute atomic E-state index is 8.80. The van der Waals surface area contributed by atoms with Crippen molar-refractivity contribution in [2.45, 2.75) is 184 Å². The molecule has 528 valence electrons. The van der Waals surface area contributed by atoms with E-state index in [0.717, 1.165) is 27.9 Å². The smallest absolute Gasteiger partial charge is 0.201 e.